The first-order valence-corrected chi connectivity index (χ1v) is 6.31. The number of hydrogen-bond acceptors (Lipinski definition) is 5. The van der Waals surface area contributed by atoms with E-state index >= 15 is 0 Å². The quantitative estimate of drug-likeness (QED) is 0.751. The minimum atomic E-state index is -0.723. The molecule has 0 fully saturated rings. The number of nitriles is 1. The lowest BCUT2D eigenvalue weighted by Gasteiger charge is -2.13. The average molecular weight is 289 g/mol. The van der Waals surface area contributed by atoms with E-state index in [2.05, 4.69) is 10.3 Å². The highest BCUT2D eigenvalue weighted by Crippen LogP contribution is 2.23. The third-order valence-electron chi connectivity index (χ3n) is 2.79. The van der Waals surface area contributed by atoms with E-state index in [9.17, 15) is 5.11 Å². The smallest absolute Gasteiger partial charge is 0.146 e. The van der Waals surface area contributed by atoms with Crippen LogP contribution in [0.5, 0.6) is 0 Å². The van der Waals surface area contributed by atoms with Gasteiger partial charge in [0.25, 0.3) is 0 Å². The van der Waals surface area contributed by atoms with Crippen LogP contribution in [0.25, 0.3) is 0 Å². The molecule has 102 valence electrons. The number of aromatic nitrogens is 1. The molecular weight excluding hydrogens is 276 g/mol. The summed E-state index contributed by atoms with van der Waals surface area (Å²) in [5.74, 6) is 0.375. The average Bonchev–Trinajstić information content (AvgIpc) is 2.46. The van der Waals surface area contributed by atoms with Crippen LogP contribution in [0.1, 0.15) is 17.2 Å². The van der Waals surface area contributed by atoms with Gasteiger partial charge in [0.1, 0.15) is 16.9 Å². The van der Waals surface area contributed by atoms with Gasteiger partial charge in [0.05, 0.1) is 11.7 Å². The second-order valence-electron chi connectivity index (χ2n) is 4.20. The van der Waals surface area contributed by atoms with Gasteiger partial charge in [-0.25, -0.2) is 4.98 Å². The van der Waals surface area contributed by atoms with Crippen LogP contribution in [0.2, 0.25) is 5.02 Å². The van der Waals surface area contributed by atoms with Gasteiger partial charge in [0, 0.05) is 18.4 Å². The SMILES string of the molecule is N#Cc1ccnc(NCC(O)c2ccc(N)cc2)c1Cl. The summed E-state index contributed by atoms with van der Waals surface area (Å²) in [6.07, 6.45) is 0.766. The number of anilines is 2. The maximum Gasteiger partial charge on any atom is 0.146 e. The van der Waals surface area contributed by atoms with E-state index in [0.29, 0.717) is 17.1 Å². The number of halogens is 1. The lowest BCUT2D eigenvalue weighted by Crippen LogP contribution is -2.13. The number of aliphatic hydroxyl groups excluding tert-OH is 1. The van der Waals surface area contributed by atoms with Gasteiger partial charge >= 0.3 is 0 Å². The topological polar surface area (TPSA) is 95.0 Å². The van der Waals surface area contributed by atoms with Crippen LogP contribution in [0.15, 0.2) is 36.5 Å². The number of pyridine rings is 1. The molecular formula is C14H13ClN4O. The van der Waals surface area contributed by atoms with Gasteiger partial charge in [-0.1, -0.05) is 23.7 Å². The van der Waals surface area contributed by atoms with E-state index in [1.807, 2.05) is 6.07 Å². The maximum absolute atomic E-state index is 10.1. The molecule has 0 saturated carbocycles. The normalized spacial score (nSPS) is 11.7. The molecule has 4 N–H and O–H groups in total. The molecule has 0 saturated heterocycles. The second kappa shape index (κ2) is 6.24. The minimum absolute atomic E-state index is 0.228. The number of nitrogens with two attached hydrogens (primary N) is 1. The Morgan fingerprint density at radius 3 is 2.70 bits per heavy atom. The van der Waals surface area contributed by atoms with E-state index in [0.717, 1.165) is 5.56 Å². The predicted molar refractivity (Wildman–Crippen MR) is 78.3 cm³/mol. The van der Waals surface area contributed by atoms with Crippen LogP contribution in [-0.2, 0) is 0 Å². The first-order chi connectivity index (χ1) is 9.61. The van der Waals surface area contributed by atoms with Gasteiger partial charge in [-0.3, -0.25) is 0 Å². The molecule has 0 aliphatic heterocycles. The van der Waals surface area contributed by atoms with Crippen molar-refractivity contribution in [3.63, 3.8) is 0 Å². The second-order valence-corrected chi connectivity index (χ2v) is 4.57. The maximum atomic E-state index is 10.1. The van der Waals surface area contributed by atoms with Crippen LogP contribution in [0.4, 0.5) is 11.5 Å². The highest BCUT2D eigenvalue weighted by Gasteiger charge is 2.11. The van der Waals surface area contributed by atoms with Crippen molar-refractivity contribution < 1.29 is 5.11 Å². The summed E-state index contributed by atoms with van der Waals surface area (Å²) in [7, 11) is 0. The first kappa shape index (κ1) is 14.1. The molecule has 0 aliphatic carbocycles. The van der Waals surface area contributed by atoms with E-state index < -0.39 is 6.10 Å². The van der Waals surface area contributed by atoms with Crippen molar-refractivity contribution in [3.8, 4) is 6.07 Å². The van der Waals surface area contributed by atoms with Crippen molar-refractivity contribution >= 4 is 23.1 Å². The molecule has 1 atom stereocenters. The Morgan fingerprint density at radius 2 is 2.05 bits per heavy atom. The minimum Gasteiger partial charge on any atom is -0.399 e. The molecule has 2 rings (SSSR count). The Kier molecular flexibility index (Phi) is 4.41. The molecule has 0 amide bonds. The van der Waals surface area contributed by atoms with E-state index in [-0.39, 0.29) is 11.6 Å². The zero-order valence-electron chi connectivity index (χ0n) is 10.5. The first-order valence-electron chi connectivity index (χ1n) is 5.94. The highest BCUT2D eigenvalue weighted by atomic mass is 35.5. The fourth-order valence-corrected chi connectivity index (χ4v) is 1.90. The molecule has 1 aromatic heterocycles. The molecule has 20 heavy (non-hydrogen) atoms. The number of benzene rings is 1. The van der Waals surface area contributed by atoms with Crippen LogP contribution >= 0.6 is 11.6 Å². The highest BCUT2D eigenvalue weighted by molar-refractivity contribution is 6.34. The zero-order chi connectivity index (χ0) is 14.5. The summed E-state index contributed by atoms with van der Waals surface area (Å²) in [4.78, 5) is 4.04. The third kappa shape index (κ3) is 3.18. The molecule has 6 heteroatoms. The van der Waals surface area contributed by atoms with Gasteiger partial charge in [-0.05, 0) is 23.8 Å². The number of nitrogens with zero attached hydrogens (tertiary/aromatic N) is 2. The summed E-state index contributed by atoms with van der Waals surface area (Å²) >= 11 is 6.01. The van der Waals surface area contributed by atoms with Crippen molar-refractivity contribution in [1.82, 2.24) is 4.98 Å². The van der Waals surface area contributed by atoms with Gasteiger partial charge in [0.15, 0.2) is 0 Å². The van der Waals surface area contributed by atoms with Crippen LogP contribution in [0, 0.1) is 11.3 Å². The van der Waals surface area contributed by atoms with E-state index in [1.165, 1.54) is 12.3 Å². The van der Waals surface area contributed by atoms with Crippen molar-refractivity contribution in [3.05, 3.63) is 52.7 Å². The Labute approximate surface area is 121 Å². The fourth-order valence-electron chi connectivity index (χ4n) is 1.68. The largest absolute Gasteiger partial charge is 0.399 e. The number of rotatable bonds is 4. The number of nitrogen functional groups attached to an aromatic ring is 1. The molecule has 2 aromatic rings. The Bertz CT molecular complexity index is 637. The molecule has 0 aliphatic rings. The molecule has 5 nitrogen and oxygen atoms in total. The van der Waals surface area contributed by atoms with Gasteiger partial charge in [-0.15, -0.1) is 0 Å². The number of hydrogen-bond donors (Lipinski definition) is 3. The molecule has 0 radical (unpaired) electrons. The summed E-state index contributed by atoms with van der Waals surface area (Å²) in [6, 6.07) is 10.5. The standard InChI is InChI=1S/C14H13ClN4O/c15-13-10(7-16)5-6-18-14(13)19-8-12(20)9-1-3-11(17)4-2-9/h1-6,12,20H,8,17H2,(H,18,19). The monoisotopic (exact) mass is 288 g/mol. The molecule has 0 spiro atoms. The predicted octanol–water partition coefficient (Wildman–Crippen LogP) is 2.33. The van der Waals surface area contributed by atoms with Crippen LogP contribution in [0.3, 0.4) is 0 Å². The Hall–Kier alpha value is -2.29. The Morgan fingerprint density at radius 1 is 1.35 bits per heavy atom. The van der Waals surface area contributed by atoms with Crippen LogP contribution < -0.4 is 11.1 Å². The lowest BCUT2D eigenvalue weighted by molar-refractivity contribution is 0.191. The third-order valence-corrected chi connectivity index (χ3v) is 3.18. The zero-order valence-corrected chi connectivity index (χ0v) is 11.3. The summed E-state index contributed by atoms with van der Waals surface area (Å²) in [5, 5.41) is 22.1. The molecule has 1 heterocycles. The van der Waals surface area contributed by atoms with Crippen molar-refractivity contribution in [2.24, 2.45) is 0 Å². The summed E-state index contributed by atoms with van der Waals surface area (Å²) in [6.45, 7) is 0.228. The Balaban J connectivity index is 2.05. The number of nitrogens with one attached hydrogen (secondary N) is 1. The lowest BCUT2D eigenvalue weighted by atomic mass is 10.1. The summed E-state index contributed by atoms with van der Waals surface area (Å²) in [5.41, 5.74) is 7.30. The number of aliphatic hydroxyl groups is 1. The summed E-state index contributed by atoms with van der Waals surface area (Å²) < 4.78 is 0. The fraction of sp³-hybridized carbons (Fsp3) is 0.143. The van der Waals surface area contributed by atoms with Gasteiger partial charge in [-0.2, -0.15) is 5.26 Å². The molecule has 1 aromatic carbocycles. The van der Waals surface area contributed by atoms with Crippen molar-refractivity contribution in [2.75, 3.05) is 17.6 Å². The van der Waals surface area contributed by atoms with Gasteiger partial charge in [0.2, 0.25) is 0 Å². The van der Waals surface area contributed by atoms with Crippen molar-refractivity contribution in [1.29, 1.82) is 5.26 Å². The van der Waals surface area contributed by atoms with E-state index in [4.69, 9.17) is 22.6 Å². The molecule has 0 bridgehead atoms. The van der Waals surface area contributed by atoms with Gasteiger partial charge < -0.3 is 16.2 Å². The van der Waals surface area contributed by atoms with Crippen molar-refractivity contribution in [2.45, 2.75) is 6.10 Å². The van der Waals surface area contributed by atoms with Crippen LogP contribution in [-0.4, -0.2) is 16.6 Å². The molecule has 1 unspecified atom stereocenters. The van der Waals surface area contributed by atoms with E-state index in [1.54, 1.807) is 24.3 Å².